The summed E-state index contributed by atoms with van der Waals surface area (Å²) >= 11 is 0. The number of benzene rings is 2. The molecule has 9 nitrogen and oxygen atoms in total. The molecule has 0 saturated carbocycles. The lowest BCUT2D eigenvalue weighted by Gasteiger charge is -2.21. The molecule has 2 amide bonds. The van der Waals surface area contributed by atoms with Gasteiger partial charge in [-0.3, -0.25) is 19.9 Å². The van der Waals surface area contributed by atoms with E-state index in [1.807, 2.05) is 50.4 Å². The van der Waals surface area contributed by atoms with Gasteiger partial charge in [0.2, 0.25) is 11.9 Å². The van der Waals surface area contributed by atoms with Gasteiger partial charge in [0, 0.05) is 29.5 Å². The first kappa shape index (κ1) is 21.3. The van der Waals surface area contributed by atoms with Crippen molar-refractivity contribution in [2.75, 3.05) is 5.32 Å². The summed E-state index contributed by atoms with van der Waals surface area (Å²) in [7, 11) is 0. The van der Waals surface area contributed by atoms with Crippen LogP contribution in [0, 0.1) is 5.92 Å². The average molecular weight is 454 g/mol. The predicted molar refractivity (Wildman–Crippen MR) is 130 cm³/mol. The molecule has 0 aliphatic heterocycles. The van der Waals surface area contributed by atoms with E-state index in [9.17, 15) is 9.59 Å². The Labute approximate surface area is 195 Å². The number of carbonyl (C=O) groups excluding carboxylic acids is 2. The summed E-state index contributed by atoms with van der Waals surface area (Å²) in [6.07, 6.45) is 4.97. The molecule has 4 N–H and O–H groups in total. The van der Waals surface area contributed by atoms with Gasteiger partial charge in [0.1, 0.15) is 11.7 Å². The molecule has 0 aliphatic carbocycles. The van der Waals surface area contributed by atoms with E-state index < -0.39 is 6.04 Å². The van der Waals surface area contributed by atoms with Crippen molar-refractivity contribution in [3.63, 3.8) is 0 Å². The van der Waals surface area contributed by atoms with Crippen LogP contribution in [0.2, 0.25) is 0 Å². The van der Waals surface area contributed by atoms with Crippen molar-refractivity contribution in [1.82, 2.24) is 30.2 Å². The molecule has 9 heteroatoms. The number of nitrogens with zero attached hydrogens (tertiary/aromatic N) is 3. The van der Waals surface area contributed by atoms with Crippen LogP contribution in [0.1, 0.15) is 24.2 Å². The Balaban J connectivity index is 1.37. The summed E-state index contributed by atoms with van der Waals surface area (Å²) in [5.74, 6) is 0.135. The maximum absolute atomic E-state index is 13.0. The van der Waals surface area contributed by atoms with Crippen molar-refractivity contribution in [2.45, 2.75) is 19.9 Å². The largest absolute Gasteiger partial charge is 0.340 e. The molecular formula is C25H23N7O2. The van der Waals surface area contributed by atoms with Crippen LogP contribution in [0.25, 0.3) is 33.3 Å². The Morgan fingerprint density at radius 1 is 1.00 bits per heavy atom. The smallest absolute Gasteiger partial charge is 0.252 e. The van der Waals surface area contributed by atoms with Gasteiger partial charge in [0.05, 0.1) is 11.0 Å². The fraction of sp³-hybridized carbons (Fsp3) is 0.160. The Bertz CT molecular complexity index is 1490. The number of fused-ring (bicyclic) bond motifs is 2. The number of H-pyrrole nitrogens is 2. The van der Waals surface area contributed by atoms with Crippen molar-refractivity contribution < 1.29 is 9.59 Å². The van der Waals surface area contributed by atoms with E-state index in [0.717, 1.165) is 22.0 Å². The molecule has 1 atom stereocenters. The number of aromatic nitrogens is 5. The highest BCUT2D eigenvalue weighted by atomic mass is 16.2. The van der Waals surface area contributed by atoms with Crippen LogP contribution >= 0.6 is 0 Å². The highest BCUT2D eigenvalue weighted by Crippen LogP contribution is 2.23. The summed E-state index contributed by atoms with van der Waals surface area (Å²) in [5.41, 5.74) is 2.57. The molecule has 0 bridgehead atoms. The third kappa shape index (κ3) is 4.23. The minimum absolute atomic E-state index is 0.125. The van der Waals surface area contributed by atoms with Crippen molar-refractivity contribution in [1.29, 1.82) is 0 Å². The normalized spacial score (nSPS) is 12.2. The highest BCUT2D eigenvalue weighted by molar-refractivity contribution is 6.02. The third-order valence-electron chi connectivity index (χ3n) is 5.59. The number of rotatable bonds is 6. The first-order chi connectivity index (χ1) is 16.5. The molecule has 0 fully saturated rings. The Morgan fingerprint density at radius 3 is 2.59 bits per heavy atom. The number of imidazole rings is 2. The summed E-state index contributed by atoms with van der Waals surface area (Å²) < 4.78 is 0. The molecule has 0 saturated heterocycles. The fourth-order valence-corrected chi connectivity index (χ4v) is 3.77. The zero-order valence-electron chi connectivity index (χ0n) is 18.7. The minimum atomic E-state index is -0.729. The van der Waals surface area contributed by atoms with E-state index >= 15 is 0 Å². The summed E-state index contributed by atoms with van der Waals surface area (Å²) in [4.78, 5) is 44.9. The lowest BCUT2D eigenvalue weighted by Crippen LogP contribution is -2.47. The molecular weight excluding hydrogens is 430 g/mol. The fourth-order valence-electron chi connectivity index (χ4n) is 3.77. The van der Waals surface area contributed by atoms with E-state index in [2.05, 4.69) is 35.6 Å². The topological polar surface area (TPSA) is 128 Å². The quantitative estimate of drug-likeness (QED) is 0.310. The van der Waals surface area contributed by atoms with E-state index in [-0.39, 0.29) is 17.7 Å². The van der Waals surface area contributed by atoms with Crippen molar-refractivity contribution in [3.05, 3.63) is 72.7 Å². The number of anilines is 1. The van der Waals surface area contributed by atoms with Crippen LogP contribution < -0.4 is 10.6 Å². The Hall–Kier alpha value is -4.53. The number of aromatic amines is 2. The monoisotopic (exact) mass is 453 g/mol. The van der Waals surface area contributed by atoms with E-state index in [0.29, 0.717) is 22.9 Å². The van der Waals surface area contributed by atoms with Crippen molar-refractivity contribution >= 4 is 39.6 Å². The number of amides is 2. The van der Waals surface area contributed by atoms with E-state index in [1.165, 1.54) is 0 Å². The van der Waals surface area contributed by atoms with Gasteiger partial charge in [-0.05, 0) is 35.6 Å². The molecule has 0 aliphatic rings. The molecule has 0 radical (unpaired) electrons. The molecule has 170 valence electrons. The van der Waals surface area contributed by atoms with Gasteiger partial charge in [-0.1, -0.05) is 38.1 Å². The molecule has 3 aromatic heterocycles. The molecule has 2 aromatic carbocycles. The van der Waals surface area contributed by atoms with Crippen LogP contribution in [-0.4, -0.2) is 42.8 Å². The van der Waals surface area contributed by atoms with Gasteiger partial charge >= 0.3 is 0 Å². The summed E-state index contributed by atoms with van der Waals surface area (Å²) in [6, 6.07) is 14.4. The van der Waals surface area contributed by atoms with Crippen molar-refractivity contribution in [2.24, 2.45) is 5.92 Å². The summed E-state index contributed by atoms with van der Waals surface area (Å²) in [5, 5.41) is 7.63. The first-order valence-corrected chi connectivity index (χ1v) is 10.9. The number of pyridine rings is 1. The SMILES string of the molecule is CC(C)[C@H](NC(=O)c1ccc2nc(-c3cc4ccccc4cn3)[nH]c2c1)C(=O)Nc1ncc[nH]1. The lowest BCUT2D eigenvalue weighted by atomic mass is 10.0. The average Bonchev–Trinajstić information content (AvgIpc) is 3.51. The second-order valence-electron chi connectivity index (χ2n) is 8.36. The van der Waals surface area contributed by atoms with Crippen molar-refractivity contribution in [3.8, 4) is 11.5 Å². The van der Waals surface area contributed by atoms with Gasteiger partial charge in [-0.25, -0.2) is 9.97 Å². The Morgan fingerprint density at radius 2 is 1.82 bits per heavy atom. The van der Waals surface area contributed by atoms with Crippen LogP contribution in [0.4, 0.5) is 5.95 Å². The molecule has 0 unspecified atom stereocenters. The van der Waals surface area contributed by atoms with Crippen LogP contribution in [0.5, 0.6) is 0 Å². The minimum Gasteiger partial charge on any atom is -0.340 e. The number of carbonyl (C=O) groups is 2. The zero-order chi connectivity index (χ0) is 23.7. The number of nitrogens with one attached hydrogen (secondary N) is 4. The maximum atomic E-state index is 13.0. The predicted octanol–water partition coefficient (Wildman–Crippen LogP) is 3.89. The van der Waals surface area contributed by atoms with Gasteiger partial charge < -0.3 is 15.3 Å². The van der Waals surface area contributed by atoms with Gasteiger partial charge in [-0.2, -0.15) is 0 Å². The van der Waals surface area contributed by atoms with Crippen LogP contribution in [0.3, 0.4) is 0 Å². The molecule has 5 rings (SSSR count). The molecule has 34 heavy (non-hydrogen) atoms. The zero-order valence-corrected chi connectivity index (χ0v) is 18.7. The van der Waals surface area contributed by atoms with Gasteiger partial charge in [-0.15, -0.1) is 0 Å². The lowest BCUT2D eigenvalue weighted by molar-refractivity contribution is -0.118. The number of hydrogen-bond donors (Lipinski definition) is 4. The Kier molecular flexibility index (Phi) is 5.51. The van der Waals surface area contributed by atoms with Crippen LogP contribution in [0.15, 0.2) is 67.1 Å². The summed E-state index contributed by atoms with van der Waals surface area (Å²) in [6.45, 7) is 3.74. The molecule has 3 heterocycles. The highest BCUT2D eigenvalue weighted by Gasteiger charge is 2.25. The van der Waals surface area contributed by atoms with Gasteiger partial charge in [0.25, 0.3) is 5.91 Å². The second kappa shape index (κ2) is 8.78. The third-order valence-corrected chi connectivity index (χ3v) is 5.59. The standard InChI is InChI=1S/C25H23N7O2/c1-14(2)21(24(34)32-25-26-9-10-27-25)31-23(33)16-7-8-18-19(12-16)30-22(29-18)20-11-15-5-3-4-6-17(15)13-28-20/h3-14,21H,1-2H3,(H,29,30)(H,31,33)(H2,26,27,32,34)/t21-/m0/s1. The van der Waals surface area contributed by atoms with Crippen LogP contribution in [-0.2, 0) is 4.79 Å². The molecule has 0 spiro atoms. The second-order valence-corrected chi connectivity index (χ2v) is 8.36. The first-order valence-electron chi connectivity index (χ1n) is 10.9. The van der Waals surface area contributed by atoms with E-state index in [1.54, 1.807) is 30.6 Å². The van der Waals surface area contributed by atoms with E-state index in [4.69, 9.17) is 0 Å². The number of hydrogen-bond acceptors (Lipinski definition) is 5. The molecule has 5 aromatic rings. The van der Waals surface area contributed by atoms with Gasteiger partial charge in [0.15, 0.2) is 5.82 Å². The maximum Gasteiger partial charge on any atom is 0.252 e.